The Balaban J connectivity index is 2.91. The molecule has 1 fully saturated rings. The molecule has 7 nitrogen and oxygen atoms in total. The number of hydrogen-bond donors (Lipinski definition) is 1. The lowest BCUT2D eigenvalue weighted by Crippen LogP contribution is -2.55. The van der Waals surface area contributed by atoms with E-state index in [9.17, 15) is 9.59 Å². The molecule has 0 saturated heterocycles. The highest BCUT2D eigenvalue weighted by Gasteiger charge is 2.38. The second kappa shape index (κ2) is 8.35. The smallest absolute Gasteiger partial charge is 0.436 e. The van der Waals surface area contributed by atoms with Gasteiger partial charge in [-0.05, 0) is 30.1 Å². The number of guanidine groups is 1. The van der Waals surface area contributed by atoms with E-state index in [1.54, 1.807) is 26.0 Å². The minimum atomic E-state index is -0.736. The fourth-order valence-electron chi connectivity index (χ4n) is 3.40. The van der Waals surface area contributed by atoms with Crippen LogP contribution in [0, 0.1) is 23.7 Å². The van der Waals surface area contributed by atoms with E-state index in [1.165, 1.54) is 18.4 Å². The van der Waals surface area contributed by atoms with Crippen molar-refractivity contribution in [2.45, 2.75) is 40.2 Å². The van der Waals surface area contributed by atoms with E-state index in [2.05, 4.69) is 42.7 Å². The van der Waals surface area contributed by atoms with Crippen molar-refractivity contribution in [1.82, 2.24) is 15.1 Å². The maximum Gasteiger partial charge on any atom is 0.436 e. The minimum absolute atomic E-state index is 0.0974. The molecule has 0 aromatic carbocycles. The van der Waals surface area contributed by atoms with Crippen molar-refractivity contribution >= 4 is 18.1 Å². The van der Waals surface area contributed by atoms with Crippen LogP contribution in [0.1, 0.15) is 34.1 Å². The molecule has 4 unspecified atom stereocenters. The average Bonchev–Trinajstić information content (AvgIpc) is 2.53. The van der Waals surface area contributed by atoms with Gasteiger partial charge in [-0.2, -0.15) is 0 Å². The summed E-state index contributed by atoms with van der Waals surface area (Å²) >= 11 is 0. The maximum absolute atomic E-state index is 12.7. The second-order valence-corrected chi connectivity index (χ2v) is 7.22. The average molecular weight is 340 g/mol. The van der Waals surface area contributed by atoms with E-state index >= 15 is 0 Å². The van der Waals surface area contributed by atoms with Crippen LogP contribution < -0.4 is 5.32 Å². The highest BCUT2D eigenvalue weighted by molar-refractivity contribution is 5.99. The van der Waals surface area contributed by atoms with Gasteiger partial charge in [-0.15, -0.1) is 4.99 Å². The molecule has 0 aromatic heterocycles. The van der Waals surface area contributed by atoms with Crippen LogP contribution in [0.15, 0.2) is 4.99 Å². The third-order valence-electron chi connectivity index (χ3n) is 5.33. The topological polar surface area (TPSA) is 74.2 Å². The molecular formula is C17H32N4O3. The van der Waals surface area contributed by atoms with Gasteiger partial charge in [0.25, 0.3) is 0 Å². The zero-order valence-electron chi connectivity index (χ0n) is 16.2. The van der Waals surface area contributed by atoms with Gasteiger partial charge in [-0.1, -0.05) is 27.7 Å². The van der Waals surface area contributed by atoms with Gasteiger partial charge in [0.2, 0.25) is 5.96 Å². The first-order valence-electron chi connectivity index (χ1n) is 8.48. The Kier molecular flexibility index (Phi) is 7.05. The highest BCUT2D eigenvalue weighted by atomic mass is 16.5. The first kappa shape index (κ1) is 20.3. The number of aliphatic imine (C=N–C) groups is 1. The first-order chi connectivity index (χ1) is 11.1. The molecule has 3 amide bonds. The molecule has 1 saturated carbocycles. The van der Waals surface area contributed by atoms with Gasteiger partial charge in [-0.25, -0.2) is 9.59 Å². The summed E-state index contributed by atoms with van der Waals surface area (Å²) in [6, 6.07) is -0.170. The van der Waals surface area contributed by atoms with Gasteiger partial charge in [0, 0.05) is 27.2 Å². The number of nitrogens with one attached hydrogen (secondary N) is 1. The first-order valence-corrected chi connectivity index (χ1v) is 8.48. The maximum atomic E-state index is 12.7. The van der Waals surface area contributed by atoms with E-state index in [-0.39, 0.29) is 18.0 Å². The Morgan fingerprint density at radius 2 is 1.54 bits per heavy atom. The van der Waals surface area contributed by atoms with Crippen molar-refractivity contribution < 1.29 is 14.3 Å². The van der Waals surface area contributed by atoms with Crippen LogP contribution >= 0.6 is 0 Å². The fraction of sp³-hybridized carbons (Fsp3) is 0.824. The largest absolute Gasteiger partial charge is 0.451 e. The molecule has 0 bridgehead atoms. The molecule has 4 atom stereocenters. The minimum Gasteiger partial charge on any atom is -0.451 e. The van der Waals surface area contributed by atoms with Crippen molar-refractivity contribution in [3.63, 3.8) is 0 Å². The molecule has 1 aliphatic rings. The standard InChI is InChI=1S/C17H32N4O3/c1-10-9-11(2)13(4)14(12(10)3)18-16(22)21(7)15(20(5)6)19-17(23)24-8/h10-14H,9H2,1-8H3,(H,18,22)/b19-15-. The van der Waals surface area contributed by atoms with Crippen molar-refractivity contribution in [3.8, 4) is 0 Å². The highest BCUT2D eigenvalue weighted by Crippen LogP contribution is 2.37. The Morgan fingerprint density at radius 1 is 1.04 bits per heavy atom. The van der Waals surface area contributed by atoms with Gasteiger partial charge < -0.3 is 15.0 Å². The third kappa shape index (κ3) is 4.61. The zero-order valence-corrected chi connectivity index (χ0v) is 16.2. The Hall–Kier alpha value is -1.79. The molecule has 138 valence electrons. The lowest BCUT2D eigenvalue weighted by atomic mass is 9.67. The van der Waals surface area contributed by atoms with Gasteiger partial charge in [0.05, 0.1) is 7.11 Å². The number of nitrogens with zero attached hydrogens (tertiary/aromatic N) is 3. The molecule has 7 heteroatoms. The van der Waals surface area contributed by atoms with E-state index in [0.29, 0.717) is 23.7 Å². The summed E-state index contributed by atoms with van der Waals surface area (Å²) in [5.74, 6) is 2.15. The van der Waals surface area contributed by atoms with E-state index < -0.39 is 6.09 Å². The number of ether oxygens (including phenoxy) is 1. The van der Waals surface area contributed by atoms with Crippen LogP contribution in [0.25, 0.3) is 0 Å². The summed E-state index contributed by atoms with van der Waals surface area (Å²) in [6.45, 7) is 8.85. The van der Waals surface area contributed by atoms with Gasteiger partial charge in [-0.3, -0.25) is 4.90 Å². The summed E-state index contributed by atoms with van der Waals surface area (Å²) < 4.78 is 4.56. The van der Waals surface area contributed by atoms with E-state index in [1.807, 2.05) is 0 Å². The number of carbonyl (C=O) groups is 2. The Morgan fingerprint density at radius 3 is 1.96 bits per heavy atom. The summed E-state index contributed by atoms with van der Waals surface area (Å²) in [5.41, 5.74) is 0. The molecule has 1 aliphatic carbocycles. The van der Waals surface area contributed by atoms with Crippen molar-refractivity contribution in [3.05, 3.63) is 0 Å². The predicted molar refractivity (Wildman–Crippen MR) is 94.9 cm³/mol. The van der Waals surface area contributed by atoms with Crippen molar-refractivity contribution in [2.24, 2.45) is 28.7 Å². The summed E-state index contributed by atoms with van der Waals surface area (Å²) in [7, 11) is 6.30. The summed E-state index contributed by atoms with van der Waals surface area (Å²) in [6.07, 6.45) is 0.442. The molecule has 1 N–H and O–H groups in total. The number of rotatable bonds is 1. The number of urea groups is 1. The zero-order chi connectivity index (χ0) is 18.6. The summed E-state index contributed by atoms with van der Waals surface area (Å²) in [5, 5.41) is 3.13. The van der Waals surface area contributed by atoms with Crippen molar-refractivity contribution in [1.29, 1.82) is 0 Å². The SMILES string of the molecule is COC(=O)/N=C(/N(C)C)N(C)C(=O)NC1C(C)C(C)CC(C)C1C. The van der Waals surface area contributed by atoms with E-state index in [4.69, 9.17) is 0 Å². The molecule has 24 heavy (non-hydrogen) atoms. The molecular weight excluding hydrogens is 308 g/mol. The monoisotopic (exact) mass is 340 g/mol. The van der Waals surface area contributed by atoms with Crippen LogP contribution in [0.2, 0.25) is 0 Å². The van der Waals surface area contributed by atoms with E-state index in [0.717, 1.165) is 0 Å². The molecule has 0 spiro atoms. The van der Waals surface area contributed by atoms with Crippen LogP contribution in [0.4, 0.5) is 9.59 Å². The predicted octanol–water partition coefficient (Wildman–Crippen LogP) is 2.63. The van der Waals surface area contributed by atoms with Crippen molar-refractivity contribution in [2.75, 3.05) is 28.3 Å². The lowest BCUT2D eigenvalue weighted by Gasteiger charge is -2.43. The Labute approximate surface area is 145 Å². The number of amides is 3. The molecule has 1 rings (SSSR count). The van der Waals surface area contributed by atoms with Crippen LogP contribution in [0.5, 0.6) is 0 Å². The number of carbonyl (C=O) groups excluding carboxylic acids is 2. The van der Waals surface area contributed by atoms with Gasteiger partial charge in [0.15, 0.2) is 0 Å². The third-order valence-corrected chi connectivity index (χ3v) is 5.33. The second-order valence-electron chi connectivity index (χ2n) is 7.22. The molecule has 0 aliphatic heterocycles. The molecule has 0 radical (unpaired) electrons. The number of methoxy groups -OCH3 is 1. The molecule has 0 heterocycles. The molecule has 0 aromatic rings. The number of hydrogen-bond acceptors (Lipinski definition) is 3. The van der Waals surface area contributed by atoms with Crippen LogP contribution in [-0.4, -0.2) is 62.2 Å². The van der Waals surface area contributed by atoms with Crippen LogP contribution in [0.3, 0.4) is 0 Å². The van der Waals surface area contributed by atoms with Gasteiger partial charge >= 0.3 is 12.1 Å². The normalized spacial score (nSPS) is 30.5. The quantitative estimate of drug-likeness (QED) is 0.588. The van der Waals surface area contributed by atoms with Gasteiger partial charge in [0.1, 0.15) is 0 Å². The summed E-state index contributed by atoms with van der Waals surface area (Å²) in [4.78, 5) is 30.9. The van der Waals surface area contributed by atoms with Crippen LogP contribution in [-0.2, 0) is 4.74 Å². The Bertz CT molecular complexity index is 478. The lowest BCUT2D eigenvalue weighted by molar-refractivity contribution is 0.102. The fourth-order valence-corrected chi connectivity index (χ4v) is 3.40.